The van der Waals surface area contributed by atoms with E-state index in [0.717, 1.165) is 73.8 Å². The zero-order chi connectivity index (χ0) is 77.0. The summed E-state index contributed by atoms with van der Waals surface area (Å²) >= 11 is 10.6. The van der Waals surface area contributed by atoms with Gasteiger partial charge in [0.15, 0.2) is 0 Å². The van der Waals surface area contributed by atoms with Crippen molar-refractivity contribution < 1.29 is 52.7 Å². The topological polar surface area (TPSA) is 0 Å². The molecule has 0 amide bonds. The average Bonchev–Trinajstić information content (AvgIpc) is 1.52. The van der Waals surface area contributed by atoms with Crippen LogP contribution in [0.4, 0.5) is 52.7 Å². The molecule has 0 bridgehead atoms. The van der Waals surface area contributed by atoms with Crippen LogP contribution in [0, 0.1) is 69.2 Å². The van der Waals surface area contributed by atoms with E-state index in [4.69, 9.17) is 0 Å². The molecular weight excluding hydrogens is 1570 g/mol. The molecule has 0 aliphatic heterocycles. The second-order valence-corrected chi connectivity index (χ2v) is 38.2. The van der Waals surface area contributed by atoms with Crippen molar-refractivity contribution in [3.63, 3.8) is 0 Å². The fourth-order valence-corrected chi connectivity index (χ4v) is 26.3. The number of halogens is 12. The first-order chi connectivity index (χ1) is 52.1. The zero-order valence-electron chi connectivity index (χ0n) is 60.0. The Morgan fingerprint density at radius 2 is 0.418 bits per heavy atom. The Morgan fingerprint density at radius 3 is 0.655 bits per heavy atom. The maximum atomic E-state index is 16.1. The van der Waals surface area contributed by atoms with E-state index in [1.165, 1.54) is 92.3 Å². The van der Waals surface area contributed by atoms with Gasteiger partial charge in [-0.25, -0.2) is 0 Å². The maximum Gasteiger partial charge on any atom is 0.300 e. The van der Waals surface area contributed by atoms with Crippen LogP contribution >= 0.6 is 90.7 Å². The molecule has 0 radical (unpaired) electrons. The van der Waals surface area contributed by atoms with Gasteiger partial charge in [-0.2, -0.15) is 52.7 Å². The van der Waals surface area contributed by atoms with E-state index in [1.807, 2.05) is 163 Å². The van der Waals surface area contributed by atoms with Gasteiger partial charge in [-0.3, -0.25) is 0 Å². The first-order valence-electron chi connectivity index (χ1n) is 35.3. The molecule has 0 spiro atoms. The number of rotatable bonds is 6. The van der Waals surface area contributed by atoms with Gasteiger partial charge in [0.1, 0.15) is 0 Å². The van der Waals surface area contributed by atoms with Gasteiger partial charge in [0.05, 0.1) is 0 Å². The minimum Gasteiger partial charge on any atom is -0.196 e. The highest BCUT2D eigenvalue weighted by Crippen LogP contribution is 2.69. The van der Waals surface area contributed by atoms with Gasteiger partial charge in [-0.1, -0.05) is 119 Å². The number of hydrogen-bond donors (Lipinski definition) is 0. The van der Waals surface area contributed by atoms with E-state index < -0.39 is 35.5 Å². The summed E-state index contributed by atoms with van der Waals surface area (Å²) in [6, 6.07) is 50.4. The minimum absolute atomic E-state index is 0.0668. The quantitative estimate of drug-likeness (QED) is 0.146. The largest absolute Gasteiger partial charge is 0.300 e. The third-order valence-corrected chi connectivity index (χ3v) is 31.8. The lowest BCUT2D eigenvalue weighted by atomic mass is 9.88. The van der Waals surface area contributed by atoms with Crippen molar-refractivity contribution in [2.24, 2.45) is 0 Å². The third-order valence-electron chi connectivity index (χ3n) is 22.2. The molecule has 0 fully saturated rings. The molecule has 110 heavy (non-hydrogen) atoms. The zero-order valence-corrected chi connectivity index (χ0v) is 66.5. The van der Waals surface area contributed by atoms with Crippen LogP contribution in [-0.2, 0) is 35.5 Å². The van der Waals surface area contributed by atoms with Gasteiger partial charge in [0.25, 0.3) is 0 Å². The van der Waals surface area contributed by atoms with E-state index >= 15 is 52.7 Å². The minimum atomic E-state index is -3.26. The number of alkyl halides is 12. The predicted molar refractivity (Wildman–Crippen MR) is 433 cm³/mol. The molecule has 6 aliphatic rings. The van der Waals surface area contributed by atoms with Crippen molar-refractivity contribution in [2.45, 2.75) is 105 Å². The van der Waals surface area contributed by atoms with Crippen LogP contribution in [-0.4, -0.2) is 0 Å². The van der Waals surface area contributed by atoms with E-state index in [-0.39, 0.29) is 111 Å². The molecule has 15 aromatic rings. The molecule has 8 aromatic heterocycles. The molecule has 21 rings (SSSR count). The Kier molecular flexibility index (Phi) is 15.9. The number of fused-ring (bicyclic) bond motifs is 18. The fourth-order valence-electron chi connectivity index (χ4n) is 16.7. The Bertz CT molecular complexity index is 6060. The van der Waals surface area contributed by atoms with Gasteiger partial charge in [-0.15, -0.1) is 90.7 Å². The summed E-state index contributed by atoms with van der Waals surface area (Å²) in [6.45, 7) is 18.2. The van der Waals surface area contributed by atoms with Crippen LogP contribution in [0.1, 0.15) is 121 Å². The molecule has 20 heteroatoms. The van der Waals surface area contributed by atoms with Gasteiger partial charge < -0.3 is 0 Å². The number of hydrogen-bond acceptors (Lipinski definition) is 8. The second-order valence-electron chi connectivity index (χ2n) is 29.3. The van der Waals surface area contributed by atoms with Crippen molar-refractivity contribution in [2.75, 3.05) is 0 Å². The van der Waals surface area contributed by atoms with Crippen molar-refractivity contribution in [1.82, 2.24) is 0 Å². The monoisotopic (exact) mass is 1620 g/mol. The molecule has 7 aromatic carbocycles. The summed E-state index contributed by atoms with van der Waals surface area (Å²) in [5.41, 5.74) is 8.93. The van der Waals surface area contributed by atoms with Crippen LogP contribution in [0.3, 0.4) is 0 Å². The Labute approximate surface area is 657 Å². The number of thiophene rings is 8. The first kappa shape index (κ1) is 71.6. The van der Waals surface area contributed by atoms with E-state index in [9.17, 15) is 0 Å². The molecule has 0 unspecified atom stereocenters. The first-order valence-corrected chi connectivity index (χ1v) is 41.8. The summed E-state index contributed by atoms with van der Waals surface area (Å²) in [4.78, 5) is 10.8. The highest BCUT2D eigenvalue weighted by atomic mass is 32.1. The maximum absolute atomic E-state index is 16.1. The lowest BCUT2D eigenvalue weighted by Gasteiger charge is -2.22. The molecule has 0 N–H and O–H groups in total. The summed E-state index contributed by atoms with van der Waals surface area (Å²) < 4.78 is 191. The summed E-state index contributed by atoms with van der Waals surface area (Å²) in [5.74, 6) is -19.5. The molecule has 6 aliphatic carbocycles. The number of benzene rings is 7. The van der Waals surface area contributed by atoms with Gasteiger partial charge in [0, 0.05) is 178 Å². The molecule has 550 valence electrons. The summed E-state index contributed by atoms with van der Waals surface area (Å²) in [6.07, 6.45) is 0. The summed E-state index contributed by atoms with van der Waals surface area (Å²) in [7, 11) is 0. The highest BCUT2D eigenvalue weighted by molar-refractivity contribution is 7.25. The Balaban J connectivity index is 0.000000112. The van der Waals surface area contributed by atoms with Crippen molar-refractivity contribution in [3.8, 4) is 124 Å². The second kappa shape index (κ2) is 24.4. The van der Waals surface area contributed by atoms with E-state index in [0.29, 0.717) is 59.9 Å². The Morgan fingerprint density at radius 1 is 0.200 bits per heavy atom. The molecule has 8 heterocycles. The molecule has 0 saturated heterocycles. The molecule has 0 atom stereocenters. The Hall–Kier alpha value is -8.70. The van der Waals surface area contributed by atoms with Crippen LogP contribution in [0.15, 0.2) is 170 Å². The lowest BCUT2D eigenvalue weighted by molar-refractivity contribution is 0.0444. The van der Waals surface area contributed by atoms with Crippen molar-refractivity contribution in [3.05, 3.63) is 291 Å². The standard InChI is InChI=1S/C32H22F4S2.C30H18F4S2.C28H18F4S4/c1-15-5-9-19(10-6-15)23-13-21-29(37-23)25-17(3)28-26(18(4)27(25)31(21,33)34)30-22(32(28,35)36)14-24(38-30)20-11-7-16(2)8-12-20;1-15-3-7-17(8-4-15)25-13-23-27(35-25)19-11-22-20(12-21(19)29(23,31)32)28-24(30(22,33)34)14-26(36-28)18-9-5-16(2)6-10-18;1-11-5-7-17(33-11)19-9-15-25(35-19)21-13(3)24-22(14(4)23(21)27(15,29)30)26-16(28(24,31)32)10-20(36-26)18-8-6-12(2)34-18/h5-14H,1-4H3;3-14H,1-2H3;5-10H,1-4H3. The van der Waals surface area contributed by atoms with E-state index in [2.05, 4.69) is 0 Å². The number of aryl methyl sites for hydroxylation is 6. The SMILES string of the molecule is Cc1ccc(-c2cc3c(s2)-c2c(C)c4c(c(C)c2C3(F)F)-c2sc(-c3ccc(C)cc3)cc2C4(F)F)cc1.Cc1ccc(-c2cc3c(s2)-c2c(C)c4c(c(C)c2C3(F)F)-c2sc(-c3ccc(C)s3)cc2C4(F)F)s1.Cc1ccc(-c2cc3c(s2)-c2cc4c(cc2C3(F)F)-c2sc(-c3ccc(C)cc3)cc2C4(F)F)cc1. The van der Waals surface area contributed by atoms with Crippen LogP contribution in [0.2, 0.25) is 0 Å². The molecule has 0 nitrogen and oxygen atoms in total. The normalized spacial score (nSPS) is 16.0. The third kappa shape index (κ3) is 10.3. The molecule has 0 saturated carbocycles. The predicted octanol–water partition coefficient (Wildman–Crippen LogP) is 31.4. The fraction of sp³-hybridized carbons (Fsp3) is 0.178. The van der Waals surface area contributed by atoms with Crippen LogP contribution in [0.25, 0.3) is 124 Å². The van der Waals surface area contributed by atoms with Gasteiger partial charge in [0.2, 0.25) is 0 Å². The van der Waals surface area contributed by atoms with E-state index in [1.54, 1.807) is 74.6 Å². The van der Waals surface area contributed by atoms with Crippen LogP contribution < -0.4 is 0 Å². The van der Waals surface area contributed by atoms with Crippen molar-refractivity contribution >= 4 is 90.7 Å². The molecular formula is C90H58F12S8. The average molecular weight is 1620 g/mol. The van der Waals surface area contributed by atoms with Gasteiger partial charge >= 0.3 is 35.5 Å². The summed E-state index contributed by atoms with van der Waals surface area (Å²) in [5, 5.41) is 0. The lowest BCUT2D eigenvalue weighted by Crippen LogP contribution is -2.16. The van der Waals surface area contributed by atoms with Crippen LogP contribution in [0.5, 0.6) is 0 Å². The van der Waals surface area contributed by atoms with Crippen molar-refractivity contribution in [1.29, 1.82) is 0 Å². The highest BCUT2D eigenvalue weighted by Gasteiger charge is 2.58. The smallest absolute Gasteiger partial charge is 0.196 e. The van der Waals surface area contributed by atoms with Gasteiger partial charge in [-0.05, 0) is 187 Å².